The lowest BCUT2D eigenvalue weighted by Crippen LogP contribution is -2.47. The highest BCUT2D eigenvalue weighted by Gasteiger charge is 2.35. The summed E-state index contributed by atoms with van der Waals surface area (Å²) in [5.74, 6) is 0.418. The van der Waals surface area contributed by atoms with Crippen molar-refractivity contribution in [2.45, 2.75) is 54.3 Å². The van der Waals surface area contributed by atoms with Crippen LogP contribution in [0.15, 0.2) is 29.2 Å². The van der Waals surface area contributed by atoms with Crippen LogP contribution in [0, 0.1) is 0 Å². The maximum atomic E-state index is 12.5. The van der Waals surface area contributed by atoms with Crippen LogP contribution in [0.3, 0.4) is 0 Å². The van der Waals surface area contributed by atoms with E-state index in [4.69, 9.17) is 0 Å². The van der Waals surface area contributed by atoms with Crippen molar-refractivity contribution in [3.05, 3.63) is 29.8 Å². The van der Waals surface area contributed by atoms with E-state index < -0.39 is 15.9 Å². The zero-order valence-corrected chi connectivity index (χ0v) is 15.9. The standard InChI is InChI=1S/C18H23NO4S2/c1-25(22,23)13-9-7-12(8-10-13)14-4-2-5-15(19-14)17(20)18(21)16-6-3-11-24-16/h7-10,14-16,19H,2-6,11H2,1H3. The average Bonchev–Trinajstić information content (AvgIpc) is 3.14. The molecule has 5 nitrogen and oxygen atoms in total. The number of hydrogen-bond donors (Lipinski definition) is 1. The normalized spacial score (nSPS) is 27.2. The molecule has 0 saturated carbocycles. The first-order valence-electron chi connectivity index (χ1n) is 8.62. The second-order valence-electron chi connectivity index (χ2n) is 6.77. The Morgan fingerprint density at radius 1 is 1.04 bits per heavy atom. The van der Waals surface area contributed by atoms with Gasteiger partial charge >= 0.3 is 0 Å². The van der Waals surface area contributed by atoms with E-state index in [1.54, 1.807) is 36.0 Å². The first-order valence-corrected chi connectivity index (χ1v) is 11.6. The maximum Gasteiger partial charge on any atom is 0.216 e. The number of rotatable bonds is 5. The zero-order chi connectivity index (χ0) is 18.0. The summed E-state index contributed by atoms with van der Waals surface area (Å²) in [4.78, 5) is 25.2. The fourth-order valence-corrected chi connectivity index (χ4v) is 5.32. The van der Waals surface area contributed by atoms with E-state index >= 15 is 0 Å². The van der Waals surface area contributed by atoms with Crippen LogP contribution >= 0.6 is 11.8 Å². The van der Waals surface area contributed by atoms with Gasteiger partial charge in [-0.15, -0.1) is 0 Å². The summed E-state index contributed by atoms with van der Waals surface area (Å²) in [5.41, 5.74) is 0.951. The molecular weight excluding hydrogens is 358 g/mol. The van der Waals surface area contributed by atoms with Crippen LogP contribution in [-0.4, -0.2) is 43.3 Å². The Hall–Kier alpha value is -1.18. The van der Waals surface area contributed by atoms with E-state index in [1.165, 1.54) is 6.26 Å². The molecule has 0 spiro atoms. The molecule has 1 N–H and O–H groups in total. The van der Waals surface area contributed by atoms with Gasteiger partial charge < -0.3 is 5.32 Å². The highest BCUT2D eigenvalue weighted by Crippen LogP contribution is 2.30. The second-order valence-corrected chi connectivity index (χ2v) is 10.1. The minimum atomic E-state index is -3.22. The predicted octanol–water partition coefficient (Wildman–Crippen LogP) is 2.31. The molecule has 25 heavy (non-hydrogen) atoms. The predicted molar refractivity (Wildman–Crippen MR) is 98.6 cm³/mol. The fourth-order valence-electron chi connectivity index (χ4n) is 3.47. The van der Waals surface area contributed by atoms with Gasteiger partial charge in [-0.2, -0.15) is 11.8 Å². The highest BCUT2D eigenvalue weighted by molar-refractivity contribution is 8.01. The number of benzene rings is 1. The molecule has 0 bridgehead atoms. The molecule has 0 radical (unpaired) electrons. The molecule has 3 unspecified atom stereocenters. The van der Waals surface area contributed by atoms with Crippen LogP contribution in [0.5, 0.6) is 0 Å². The molecule has 1 aromatic rings. The van der Waals surface area contributed by atoms with Crippen molar-refractivity contribution in [3.63, 3.8) is 0 Å². The number of hydrogen-bond acceptors (Lipinski definition) is 6. The van der Waals surface area contributed by atoms with E-state index in [-0.39, 0.29) is 27.8 Å². The van der Waals surface area contributed by atoms with Gasteiger partial charge in [0.25, 0.3) is 0 Å². The van der Waals surface area contributed by atoms with Gasteiger partial charge in [0.15, 0.2) is 9.84 Å². The summed E-state index contributed by atoms with van der Waals surface area (Å²) in [6.45, 7) is 0. The van der Waals surface area contributed by atoms with E-state index in [1.807, 2.05) is 0 Å². The lowest BCUT2D eigenvalue weighted by atomic mass is 9.90. The Labute approximate surface area is 152 Å². The number of Topliss-reactive ketones (excluding diaryl/α,β-unsaturated/α-hetero) is 2. The Bertz CT molecular complexity index is 752. The summed E-state index contributed by atoms with van der Waals surface area (Å²) < 4.78 is 23.1. The Morgan fingerprint density at radius 3 is 2.36 bits per heavy atom. The van der Waals surface area contributed by atoms with Crippen molar-refractivity contribution in [2.75, 3.05) is 12.0 Å². The van der Waals surface area contributed by atoms with Gasteiger partial charge in [-0.1, -0.05) is 12.1 Å². The van der Waals surface area contributed by atoms with Gasteiger partial charge in [-0.3, -0.25) is 9.59 Å². The molecule has 0 amide bonds. The van der Waals surface area contributed by atoms with E-state index in [0.29, 0.717) is 6.42 Å². The van der Waals surface area contributed by atoms with Gasteiger partial charge in [0.1, 0.15) is 0 Å². The highest BCUT2D eigenvalue weighted by atomic mass is 32.2. The summed E-state index contributed by atoms with van der Waals surface area (Å²) in [7, 11) is -3.22. The number of carbonyl (C=O) groups is 2. The van der Waals surface area contributed by atoms with Crippen LogP contribution < -0.4 is 5.32 Å². The average molecular weight is 382 g/mol. The van der Waals surface area contributed by atoms with Crippen molar-refractivity contribution in [2.24, 2.45) is 0 Å². The molecule has 2 fully saturated rings. The van der Waals surface area contributed by atoms with E-state index in [0.717, 1.165) is 37.0 Å². The fraction of sp³-hybridized carbons (Fsp3) is 0.556. The molecule has 136 valence electrons. The topological polar surface area (TPSA) is 80.3 Å². The minimum Gasteiger partial charge on any atom is -0.300 e. The largest absolute Gasteiger partial charge is 0.300 e. The lowest BCUT2D eigenvalue weighted by Gasteiger charge is -2.30. The van der Waals surface area contributed by atoms with Gasteiger partial charge in [0.05, 0.1) is 16.2 Å². The molecule has 2 heterocycles. The van der Waals surface area contributed by atoms with Crippen molar-refractivity contribution in [3.8, 4) is 0 Å². The molecule has 7 heteroatoms. The van der Waals surface area contributed by atoms with E-state index in [9.17, 15) is 18.0 Å². The summed E-state index contributed by atoms with van der Waals surface area (Å²) in [6.07, 6.45) is 5.41. The third-order valence-electron chi connectivity index (χ3n) is 4.88. The summed E-state index contributed by atoms with van der Waals surface area (Å²) in [6, 6.07) is 6.31. The lowest BCUT2D eigenvalue weighted by molar-refractivity contribution is -0.138. The van der Waals surface area contributed by atoms with Crippen molar-refractivity contribution < 1.29 is 18.0 Å². The molecule has 2 aliphatic heterocycles. The minimum absolute atomic E-state index is 0.0275. The smallest absolute Gasteiger partial charge is 0.216 e. The molecular formula is C18H23NO4S2. The van der Waals surface area contributed by atoms with Gasteiger partial charge in [0, 0.05) is 12.3 Å². The zero-order valence-electron chi connectivity index (χ0n) is 14.2. The number of carbonyl (C=O) groups excluding carboxylic acids is 2. The second kappa shape index (κ2) is 7.60. The summed E-state index contributed by atoms with van der Waals surface area (Å²) >= 11 is 1.59. The molecule has 0 aliphatic carbocycles. The monoisotopic (exact) mass is 381 g/mol. The number of piperidine rings is 1. The Kier molecular flexibility index (Phi) is 5.65. The summed E-state index contributed by atoms with van der Waals surface area (Å²) in [5, 5.41) is 3.14. The van der Waals surface area contributed by atoms with Crippen molar-refractivity contribution >= 4 is 33.2 Å². The van der Waals surface area contributed by atoms with Crippen LogP contribution in [0.1, 0.15) is 43.7 Å². The number of sulfone groups is 1. The quantitative estimate of drug-likeness (QED) is 0.789. The molecule has 1 aromatic carbocycles. The number of thioether (sulfide) groups is 1. The number of ketones is 2. The van der Waals surface area contributed by atoms with Crippen molar-refractivity contribution in [1.82, 2.24) is 5.32 Å². The molecule has 2 saturated heterocycles. The molecule has 3 atom stereocenters. The third kappa shape index (κ3) is 4.33. The molecule has 3 rings (SSSR count). The SMILES string of the molecule is CS(=O)(=O)c1ccc(C2CCCC(C(=O)C(=O)C3CCCS3)N2)cc1. The van der Waals surface area contributed by atoms with Crippen LogP contribution in [0.2, 0.25) is 0 Å². The first kappa shape index (κ1) is 18.6. The maximum absolute atomic E-state index is 12.5. The third-order valence-corrected chi connectivity index (χ3v) is 7.39. The molecule has 2 aliphatic rings. The van der Waals surface area contributed by atoms with Crippen molar-refractivity contribution in [1.29, 1.82) is 0 Å². The van der Waals surface area contributed by atoms with Gasteiger partial charge in [-0.05, 0) is 55.6 Å². The number of nitrogens with one attached hydrogen (secondary N) is 1. The Morgan fingerprint density at radius 2 is 1.76 bits per heavy atom. The van der Waals surface area contributed by atoms with Crippen LogP contribution in [0.4, 0.5) is 0 Å². The molecule has 0 aromatic heterocycles. The van der Waals surface area contributed by atoms with Gasteiger partial charge in [-0.25, -0.2) is 8.42 Å². The van der Waals surface area contributed by atoms with Crippen LogP contribution in [-0.2, 0) is 19.4 Å². The Balaban J connectivity index is 1.68. The van der Waals surface area contributed by atoms with Crippen LogP contribution in [0.25, 0.3) is 0 Å². The first-order chi connectivity index (χ1) is 11.9. The van der Waals surface area contributed by atoms with Gasteiger partial charge in [0.2, 0.25) is 11.6 Å². The van der Waals surface area contributed by atoms with E-state index in [2.05, 4.69) is 5.32 Å².